The Morgan fingerprint density at radius 3 is 2.27 bits per heavy atom. The number of benzene rings is 2. The van der Waals surface area contributed by atoms with Gasteiger partial charge in [0, 0.05) is 31.2 Å². The Balaban J connectivity index is 1.46. The van der Waals surface area contributed by atoms with Crippen LogP contribution in [0.4, 0.5) is 10.1 Å². The van der Waals surface area contributed by atoms with Gasteiger partial charge in [-0.15, -0.1) is 11.3 Å². The number of piperazine rings is 1. The van der Waals surface area contributed by atoms with Crippen LogP contribution >= 0.6 is 22.9 Å². The van der Waals surface area contributed by atoms with Gasteiger partial charge < -0.3 is 9.80 Å². The molecule has 1 fully saturated rings. The number of nitrogens with zero attached hydrogens (tertiary/aromatic N) is 2. The Kier molecular flexibility index (Phi) is 5.81. The number of hydrogen-bond acceptors (Lipinski definition) is 5. The van der Waals surface area contributed by atoms with E-state index in [1.54, 1.807) is 29.2 Å². The van der Waals surface area contributed by atoms with Gasteiger partial charge in [0.2, 0.25) is 9.84 Å². The summed E-state index contributed by atoms with van der Waals surface area (Å²) in [5.74, 6) is -0.502. The third kappa shape index (κ3) is 4.08. The summed E-state index contributed by atoms with van der Waals surface area (Å²) in [5, 5.41) is 0.450. The highest BCUT2D eigenvalue weighted by Gasteiger charge is 2.27. The van der Waals surface area contributed by atoms with Crippen LogP contribution in [0.5, 0.6) is 0 Å². The van der Waals surface area contributed by atoms with Gasteiger partial charge in [-0.1, -0.05) is 23.7 Å². The number of hydrogen-bond donors (Lipinski definition) is 0. The molecule has 0 saturated carbocycles. The average molecular weight is 465 g/mol. The fourth-order valence-corrected chi connectivity index (χ4v) is 6.13. The number of carbonyl (C=O) groups is 1. The first kappa shape index (κ1) is 20.8. The lowest BCUT2D eigenvalue weighted by Crippen LogP contribution is -2.48. The smallest absolute Gasteiger partial charge is 0.264 e. The van der Waals surface area contributed by atoms with Crippen LogP contribution in [0.2, 0.25) is 5.02 Å². The first-order chi connectivity index (χ1) is 14.4. The van der Waals surface area contributed by atoms with E-state index in [0.717, 1.165) is 11.3 Å². The number of rotatable bonds is 4. The van der Waals surface area contributed by atoms with Gasteiger partial charge in [0.05, 0.1) is 15.5 Å². The second kappa shape index (κ2) is 8.37. The lowest BCUT2D eigenvalue weighted by molar-refractivity contribution is 0.0751. The van der Waals surface area contributed by atoms with Crippen molar-refractivity contribution >= 4 is 44.4 Å². The molecule has 0 bridgehead atoms. The van der Waals surface area contributed by atoms with Crippen molar-refractivity contribution in [1.82, 2.24) is 4.90 Å². The van der Waals surface area contributed by atoms with E-state index < -0.39 is 9.84 Å². The minimum absolute atomic E-state index is 0.109. The molecule has 0 radical (unpaired) electrons. The second-order valence-corrected chi connectivity index (χ2v) is 10.5. The van der Waals surface area contributed by atoms with Gasteiger partial charge in [-0.25, -0.2) is 12.8 Å². The van der Waals surface area contributed by atoms with Gasteiger partial charge in [0.15, 0.2) is 0 Å². The number of halogens is 2. The van der Waals surface area contributed by atoms with Crippen molar-refractivity contribution in [2.45, 2.75) is 9.10 Å². The molecular weight excluding hydrogens is 447 g/mol. The molecule has 3 aromatic rings. The van der Waals surface area contributed by atoms with Gasteiger partial charge in [-0.3, -0.25) is 4.79 Å². The van der Waals surface area contributed by atoms with Crippen LogP contribution in [0.3, 0.4) is 0 Å². The maximum absolute atomic E-state index is 14.0. The number of para-hydroxylation sites is 1. The summed E-state index contributed by atoms with van der Waals surface area (Å²) >= 11 is 6.79. The Bertz CT molecular complexity index is 1170. The molecule has 2 aromatic carbocycles. The zero-order valence-corrected chi connectivity index (χ0v) is 18.2. The van der Waals surface area contributed by atoms with E-state index in [2.05, 4.69) is 0 Å². The topological polar surface area (TPSA) is 57.7 Å². The molecule has 5 nitrogen and oxygen atoms in total. The number of thiophene rings is 1. The largest absolute Gasteiger partial charge is 0.366 e. The summed E-state index contributed by atoms with van der Waals surface area (Å²) < 4.78 is 39.7. The van der Waals surface area contributed by atoms with Crippen molar-refractivity contribution in [3.05, 3.63) is 76.4 Å². The van der Waals surface area contributed by atoms with E-state index in [-0.39, 0.29) is 20.8 Å². The van der Waals surface area contributed by atoms with E-state index in [9.17, 15) is 17.6 Å². The quantitative estimate of drug-likeness (QED) is 0.576. The van der Waals surface area contributed by atoms with Crippen LogP contribution in [0.25, 0.3) is 0 Å². The molecule has 0 unspecified atom stereocenters. The van der Waals surface area contributed by atoms with Gasteiger partial charge in [0.1, 0.15) is 10.0 Å². The van der Waals surface area contributed by atoms with Gasteiger partial charge >= 0.3 is 0 Å². The first-order valence-electron chi connectivity index (χ1n) is 9.25. The van der Waals surface area contributed by atoms with E-state index in [1.165, 1.54) is 36.4 Å². The fraction of sp³-hybridized carbons (Fsp3) is 0.190. The van der Waals surface area contributed by atoms with Crippen LogP contribution in [0.1, 0.15) is 9.67 Å². The Morgan fingerprint density at radius 1 is 0.933 bits per heavy atom. The second-order valence-electron chi connectivity index (χ2n) is 6.81. The van der Waals surface area contributed by atoms with Gasteiger partial charge in [-0.2, -0.15) is 0 Å². The monoisotopic (exact) mass is 464 g/mol. The van der Waals surface area contributed by atoms with Crippen molar-refractivity contribution in [1.29, 1.82) is 0 Å². The van der Waals surface area contributed by atoms with E-state index >= 15 is 0 Å². The van der Waals surface area contributed by atoms with Gasteiger partial charge in [0.25, 0.3) is 5.91 Å². The molecule has 1 aliphatic heterocycles. The number of amides is 1. The van der Waals surface area contributed by atoms with Crippen molar-refractivity contribution in [2.24, 2.45) is 0 Å². The first-order valence-corrected chi connectivity index (χ1v) is 11.9. The molecule has 156 valence electrons. The molecule has 0 spiro atoms. The summed E-state index contributed by atoms with van der Waals surface area (Å²) in [6.45, 7) is 1.89. The van der Waals surface area contributed by atoms with Crippen LogP contribution in [0.15, 0.2) is 69.8 Å². The molecule has 1 aromatic heterocycles. The standard InChI is InChI=1S/C21H18ClFN2O3S2/c22-15-5-7-16(8-6-15)30(27,28)20-10-9-19(29-20)21(26)25-13-11-24(12-14-25)18-4-2-1-3-17(18)23/h1-10H,11-14H2. The molecule has 2 heterocycles. The van der Waals surface area contributed by atoms with Crippen LogP contribution in [-0.2, 0) is 9.84 Å². The van der Waals surface area contributed by atoms with Crippen LogP contribution in [-0.4, -0.2) is 45.4 Å². The highest BCUT2D eigenvalue weighted by Crippen LogP contribution is 2.29. The van der Waals surface area contributed by atoms with Crippen LogP contribution < -0.4 is 4.90 Å². The Morgan fingerprint density at radius 2 is 1.60 bits per heavy atom. The van der Waals surface area contributed by atoms with Gasteiger partial charge in [-0.05, 0) is 48.5 Å². The van der Waals surface area contributed by atoms with Crippen molar-refractivity contribution in [2.75, 3.05) is 31.1 Å². The molecular formula is C21H18ClFN2O3S2. The number of carbonyl (C=O) groups excluding carboxylic acids is 1. The third-order valence-electron chi connectivity index (χ3n) is 4.94. The summed E-state index contributed by atoms with van der Waals surface area (Å²) in [6.07, 6.45) is 0. The summed E-state index contributed by atoms with van der Waals surface area (Å²) in [7, 11) is -3.71. The van der Waals surface area contributed by atoms with Crippen molar-refractivity contribution in [3.8, 4) is 0 Å². The molecule has 0 aliphatic carbocycles. The number of anilines is 1. The molecule has 1 amide bonds. The maximum atomic E-state index is 14.0. The summed E-state index contributed by atoms with van der Waals surface area (Å²) in [5.41, 5.74) is 0.525. The normalized spacial score (nSPS) is 14.7. The molecule has 1 saturated heterocycles. The Hall–Kier alpha value is -2.42. The molecule has 1 aliphatic rings. The molecule has 30 heavy (non-hydrogen) atoms. The lowest BCUT2D eigenvalue weighted by Gasteiger charge is -2.36. The highest BCUT2D eigenvalue weighted by atomic mass is 35.5. The van der Waals surface area contributed by atoms with E-state index in [0.29, 0.717) is 41.8 Å². The predicted molar refractivity (Wildman–Crippen MR) is 116 cm³/mol. The average Bonchev–Trinajstić information content (AvgIpc) is 3.25. The predicted octanol–water partition coefficient (Wildman–Crippen LogP) is 4.34. The fourth-order valence-electron chi connectivity index (χ4n) is 3.32. The van der Waals surface area contributed by atoms with Crippen molar-refractivity contribution in [3.63, 3.8) is 0 Å². The Labute approximate surface area is 183 Å². The van der Waals surface area contributed by atoms with Crippen molar-refractivity contribution < 1.29 is 17.6 Å². The lowest BCUT2D eigenvalue weighted by atomic mass is 10.2. The zero-order valence-electron chi connectivity index (χ0n) is 15.8. The molecule has 4 rings (SSSR count). The SMILES string of the molecule is O=C(c1ccc(S(=O)(=O)c2ccc(Cl)cc2)s1)N1CCN(c2ccccc2F)CC1. The minimum Gasteiger partial charge on any atom is -0.366 e. The summed E-state index contributed by atoms with van der Waals surface area (Å²) in [4.78, 5) is 16.9. The highest BCUT2D eigenvalue weighted by molar-refractivity contribution is 7.93. The summed E-state index contributed by atoms with van der Waals surface area (Å²) in [6, 6.07) is 15.5. The third-order valence-corrected chi connectivity index (χ3v) is 8.53. The van der Waals surface area contributed by atoms with E-state index in [1.807, 2.05) is 4.90 Å². The molecule has 0 atom stereocenters. The molecule has 9 heteroatoms. The van der Waals surface area contributed by atoms with E-state index in [4.69, 9.17) is 11.6 Å². The van der Waals surface area contributed by atoms with Crippen LogP contribution in [0, 0.1) is 5.82 Å². The molecule has 0 N–H and O–H groups in total. The zero-order chi connectivity index (χ0) is 21.3. The minimum atomic E-state index is -3.71. The number of sulfone groups is 1. The maximum Gasteiger partial charge on any atom is 0.264 e.